The summed E-state index contributed by atoms with van der Waals surface area (Å²) in [5.74, 6) is -0.668. The molecule has 0 amide bonds. The number of hydrogen-bond acceptors (Lipinski definition) is 5. The van der Waals surface area contributed by atoms with Gasteiger partial charge in [0.25, 0.3) is 0 Å². The largest absolute Gasteiger partial charge is 0.481 e. The van der Waals surface area contributed by atoms with Gasteiger partial charge in [-0.15, -0.1) is 5.10 Å². The Balaban J connectivity index is 2.54. The third-order valence-electron chi connectivity index (χ3n) is 1.20. The third kappa shape index (κ3) is 3.03. The van der Waals surface area contributed by atoms with Gasteiger partial charge in [-0.2, -0.15) is 0 Å². The second-order valence-electron chi connectivity index (χ2n) is 2.36. The highest BCUT2D eigenvalue weighted by atomic mass is 32.2. The zero-order valence-corrected chi connectivity index (χ0v) is 7.71. The summed E-state index contributed by atoms with van der Waals surface area (Å²) in [7, 11) is 0. The molecular formula is C6H9N3O3S. The highest BCUT2D eigenvalue weighted by molar-refractivity contribution is 7.99. The molecule has 0 spiro atoms. The second kappa shape index (κ2) is 4.24. The fourth-order valence-corrected chi connectivity index (χ4v) is 1.16. The summed E-state index contributed by atoms with van der Waals surface area (Å²) in [6.45, 7) is 1.55. The third-order valence-corrected chi connectivity index (χ3v) is 2.03. The van der Waals surface area contributed by atoms with Crippen molar-refractivity contribution in [2.75, 3.05) is 5.75 Å². The maximum Gasteiger partial charge on any atom is 0.313 e. The van der Waals surface area contributed by atoms with Gasteiger partial charge in [0.15, 0.2) is 5.82 Å². The predicted octanol–water partition coefficient (Wildman–Crippen LogP) is 0.0347. The molecule has 0 aliphatic rings. The zero-order valence-electron chi connectivity index (χ0n) is 6.89. The minimum atomic E-state index is -0.923. The molecule has 7 heteroatoms. The van der Waals surface area contributed by atoms with Gasteiger partial charge in [0.2, 0.25) is 5.16 Å². The van der Waals surface area contributed by atoms with Crippen molar-refractivity contribution in [1.82, 2.24) is 15.2 Å². The smallest absolute Gasteiger partial charge is 0.313 e. The van der Waals surface area contributed by atoms with Crippen LogP contribution in [0.4, 0.5) is 0 Å². The van der Waals surface area contributed by atoms with Crippen molar-refractivity contribution in [2.45, 2.75) is 18.2 Å². The lowest BCUT2D eigenvalue weighted by atomic mass is 10.4. The number of rotatable bonds is 4. The summed E-state index contributed by atoms with van der Waals surface area (Å²) in [4.78, 5) is 14.0. The van der Waals surface area contributed by atoms with E-state index in [1.165, 1.54) is 0 Å². The van der Waals surface area contributed by atoms with Gasteiger partial charge >= 0.3 is 5.97 Å². The lowest BCUT2D eigenvalue weighted by Crippen LogP contribution is -1.98. The van der Waals surface area contributed by atoms with E-state index in [4.69, 9.17) is 10.2 Å². The number of carboxylic acid groups (broad SMARTS) is 1. The molecule has 0 aromatic carbocycles. The summed E-state index contributed by atoms with van der Waals surface area (Å²) in [5.41, 5.74) is 0. The first-order valence-electron chi connectivity index (χ1n) is 3.54. The van der Waals surface area contributed by atoms with Crippen molar-refractivity contribution in [3.05, 3.63) is 5.82 Å². The first kappa shape index (κ1) is 10.0. The highest BCUT2D eigenvalue weighted by Gasteiger charge is 2.09. The van der Waals surface area contributed by atoms with Gasteiger partial charge in [-0.3, -0.25) is 9.89 Å². The van der Waals surface area contributed by atoms with Crippen LogP contribution in [0.25, 0.3) is 0 Å². The number of aromatic amines is 1. The number of nitrogens with zero attached hydrogens (tertiary/aromatic N) is 2. The molecule has 0 bridgehead atoms. The van der Waals surface area contributed by atoms with Crippen LogP contribution in [-0.2, 0) is 4.79 Å². The highest BCUT2D eigenvalue weighted by Crippen LogP contribution is 2.14. The maximum atomic E-state index is 10.2. The van der Waals surface area contributed by atoms with Crippen LogP contribution in [0.1, 0.15) is 18.9 Å². The van der Waals surface area contributed by atoms with Crippen LogP contribution < -0.4 is 0 Å². The summed E-state index contributed by atoms with van der Waals surface area (Å²) in [6.07, 6.45) is -0.716. The molecule has 72 valence electrons. The normalized spacial score (nSPS) is 12.8. The summed E-state index contributed by atoms with van der Waals surface area (Å²) in [5, 5.41) is 24.0. The standard InChI is InChI=1S/C6H9N3O3S/c1-3(10)5-7-6(9-8-5)13-2-4(11)12/h3,10H,2H2,1H3,(H,11,12)(H,7,8,9)/t3-/m0/s1. The van der Waals surface area contributed by atoms with Crippen LogP contribution >= 0.6 is 11.8 Å². The van der Waals surface area contributed by atoms with E-state index in [9.17, 15) is 4.79 Å². The van der Waals surface area contributed by atoms with Crippen molar-refractivity contribution in [2.24, 2.45) is 0 Å². The Morgan fingerprint density at radius 1 is 1.77 bits per heavy atom. The molecule has 0 unspecified atom stereocenters. The molecule has 0 fully saturated rings. The Kier molecular flexibility index (Phi) is 3.26. The van der Waals surface area contributed by atoms with Crippen LogP contribution in [-0.4, -0.2) is 37.1 Å². The van der Waals surface area contributed by atoms with Crippen LogP contribution in [0.5, 0.6) is 0 Å². The van der Waals surface area contributed by atoms with Crippen LogP contribution in [0.15, 0.2) is 5.16 Å². The fraction of sp³-hybridized carbons (Fsp3) is 0.500. The van der Waals surface area contributed by atoms with E-state index in [0.29, 0.717) is 11.0 Å². The Morgan fingerprint density at radius 3 is 2.92 bits per heavy atom. The molecule has 1 atom stereocenters. The molecule has 3 N–H and O–H groups in total. The minimum absolute atomic E-state index is 0.0862. The molecule has 0 aliphatic heterocycles. The number of thioether (sulfide) groups is 1. The van der Waals surface area contributed by atoms with Crippen LogP contribution in [0.2, 0.25) is 0 Å². The summed E-state index contributed by atoms with van der Waals surface area (Å²) >= 11 is 1.00. The number of aliphatic carboxylic acids is 1. The van der Waals surface area contributed by atoms with E-state index in [0.717, 1.165) is 11.8 Å². The number of hydrogen-bond donors (Lipinski definition) is 3. The number of aromatic nitrogens is 3. The van der Waals surface area contributed by atoms with Crippen LogP contribution in [0, 0.1) is 0 Å². The average Bonchev–Trinajstić information content (AvgIpc) is 2.48. The van der Waals surface area contributed by atoms with Gasteiger partial charge in [-0.1, -0.05) is 11.8 Å². The molecular weight excluding hydrogens is 194 g/mol. The van der Waals surface area contributed by atoms with Crippen LogP contribution in [0.3, 0.4) is 0 Å². The number of carboxylic acids is 1. The number of carbonyl (C=O) groups is 1. The lowest BCUT2D eigenvalue weighted by molar-refractivity contribution is -0.133. The SMILES string of the molecule is C[C@H](O)c1nc(SCC(=O)O)n[nH]1. The van der Waals surface area contributed by atoms with Gasteiger partial charge < -0.3 is 10.2 Å². The number of aliphatic hydroxyl groups excluding tert-OH is 1. The van der Waals surface area contributed by atoms with E-state index in [2.05, 4.69) is 15.2 Å². The maximum absolute atomic E-state index is 10.2. The molecule has 1 aromatic rings. The molecule has 0 radical (unpaired) electrons. The van der Waals surface area contributed by atoms with Crippen molar-refractivity contribution in [3.8, 4) is 0 Å². The molecule has 0 saturated carbocycles. The van der Waals surface area contributed by atoms with E-state index in [-0.39, 0.29) is 5.75 Å². The van der Waals surface area contributed by atoms with Gasteiger partial charge in [0.1, 0.15) is 6.10 Å². The number of nitrogens with one attached hydrogen (secondary N) is 1. The first-order chi connectivity index (χ1) is 6.09. The van der Waals surface area contributed by atoms with E-state index in [1.54, 1.807) is 6.92 Å². The van der Waals surface area contributed by atoms with Crippen molar-refractivity contribution in [1.29, 1.82) is 0 Å². The number of H-pyrrole nitrogens is 1. The predicted molar refractivity (Wildman–Crippen MR) is 45.4 cm³/mol. The van der Waals surface area contributed by atoms with Gasteiger partial charge in [0, 0.05) is 0 Å². The number of aliphatic hydroxyl groups is 1. The minimum Gasteiger partial charge on any atom is -0.481 e. The fourth-order valence-electron chi connectivity index (χ4n) is 0.636. The van der Waals surface area contributed by atoms with Crippen molar-refractivity contribution < 1.29 is 15.0 Å². The summed E-state index contributed by atoms with van der Waals surface area (Å²) < 4.78 is 0. The molecule has 1 aromatic heterocycles. The zero-order chi connectivity index (χ0) is 9.84. The lowest BCUT2D eigenvalue weighted by Gasteiger charge is -1.94. The quantitative estimate of drug-likeness (QED) is 0.597. The van der Waals surface area contributed by atoms with Crippen molar-refractivity contribution in [3.63, 3.8) is 0 Å². The Morgan fingerprint density at radius 2 is 2.46 bits per heavy atom. The molecule has 1 rings (SSSR count). The van der Waals surface area contributed by atoms with E-state index < -0.39 is 12.1 Å². The van der Waals surface area contributed by atoms with E-state index in [1.807, 2.05) is 0 Å². The Bertz CT molecular complexity index is 299. The molecule has 6 nitrogen and oxygen atoms in total. The van der Waals surface area contributed by atoms with E-state index >= 15 is 0 Å². The Labute approximate surface area is 78.4 Å². The monoisotopic (exact) mass is 203 g/mol. The van der Waals surface area contributed by atoms with Gasteiger partial charge in [0.05, 0.1) is 5.75 Å². The molecule has 13 heavy (non-hydrogen) atoms. The summed E-state index contributed by atoms with van der Waals surface area (Å²) in [6, 6.07) is 0. The Hall–Kier alpha value is -1.08. The topological polar surface area (TPSA) is 99.1 Å². The molecule has 1 heterocycles. The second-order valence-corrected chi connectivity index (χ2v) is 3.30. The average molecular weight is 203 g/mol. The van der Waals surface area contributed by atoms with Crippen molar-refractivity contribution >= 4 is 17.7 Å². The van der Waals surface area contributed by atoms with Gasteiger partial charge in [-0.05, 0) is 6.92 Å². The molecule has 0 aliphatic carbocycles. The van der Waals surface area contributed by atoms with Gasteiger partial charge in [-0.25, -0.2) is 4.98 Å². The first-order valence-corrected chi connectivity index (χ1v) is 4.53. The molecule has 0 saturated heterocycles.